The zero-order valence-electron chi connectivity index (χ0n) is 10.3. The second kappa shape index (κ2) is 6.38. The van der Waals surface area contributed by atoms with Crippen LogP contribution in [0.3, 0.4) is 0 Å². The molecule has 1 rings (SSSR count). The van der Waals surface area contributed by atoms with Crippen molar-refractivity contribution in [3.63, 3.8) is 0 Å². The van der Waals surface area contributed by atoms with E-state index in [1.54, 1.807) is 13.8 Å². The zero-order chi connectivity index (χ0) is 14.7. The van der Waals surface area contributed by atoms with Gasteiger partial charge in [0.2, 0.25) is 5.91 Å². The second-order valence-corrected chi connectivity index (χ2v) is 5.68. The second-order valence-electron chi connectivity index (χ2n) is 4.36. The normalized spacial score (nSPS) is 12.3. The zero-order valence-corrected chi connectivity index (χ0v) is 12.7. The lowest BCUT2D eigenvalue weighted by Gasteiger charge is -2.19. The number of nitrogens with one attached hydrogen (secondary N) is 1. The van der Waals surface area contributed by atoms with Crippen molar-refractivity contribution in [3.05, 3.63) is 28.2 Å². The minimum Gasteiger partial charge on any atom is -0.393 e. The fourth-order valence-corrected chi connectivity index (χ4v) is 2.51. The molecule has 3 nitrogen and oxygen atoms in total. The van der Waals surface area contributed by atoms with Gasteiger partial charge in [0.15, 0.2) is 5.82 Å². The Kier molecular flexibility index (Phi) is 5.37. The summed E-state index contributed by atoms with van der Waals surface area (Å²) in [7, 11) is 0. The monoisotopic (exact) mass is 350 g/mol. The van der Waals surface area contributed by atoms with E-state index in [9.17, 15) is 13.6 Å². The van der Waals surface area contributed by atoms with Gasteiger partial charge in [0.1, 0.15) is 5.82 Å². The molecule has 1 aromatic rings. The van der Waals surface area contributed by atoms with Crippen LogP contribution in [0.4, 0.5) is 14.5 Å². The lowest BCUT2D eigenvalue weighted by atomic mass is 9.95. The molecular weight excluding hydrogens is 338 g/mol. The van der Waals surface area contributed by atoms with E-state index in [-0.39, 0.29) is 21.1 Å². The summed E-state index contributed by atoms with van der Waals surface area (Å²) < 4.78 is 26.6. The third kappa shape index (κ3) is 3.94. The van der Waals surface area contributed by atoms with Crippen molar-refractivity contribution in [2.75, 3.05) is 5.32 Å². The standard InChI is InChI=1S/C12H13BrF2N2OS/c1-5(2)9(11(16)19)12(18)17-10-7(13)3-6(14)4-8(10)15/h3-5,9H,1-2H3,(H2,16,19)(H,17,18). The van der Waals surface area contributed by atoms with Crippen molar-refractivity contribution >= 4 is 44.7 Å². The summed E-state index contributed by atoms with van der Waals surface area (Å²) in [5.74, 6) is -2.97. The first-order valence-electron chi connectivity index (χ1n) is 5.48. The smallest absolute Gasteiger partial charge is 0.234 e. The van der Waals surface area contributed by atoms with Gasteiger partial charge in [-0.3, -0.25) is 4.79 Å². The molecule has 0 radical (unpaired) electrons. The van der Waals surface area contributed by atoms with E-state index in [0.717, 1.165) is 6.07 Å². The van der Waals surface area contributed by atoms with Crippen molar-refractivity contribution < 1.29 is 13.6 Å². The summed E-state index contributed by atoms with van der Waals surface area (Å²) >= 11 is 7.81. The Balaban J connectivity index is 3.03. The summed E-state index contributed by atoms with van der Waals surface area (Å²) in [5, 5.41) is 2.37. The van der Waals surface area contributed by atoms with Crippen molar-refractivity contribution in [2.24, 2.45) is 17.6 Å². The summed E-state index contributed by atoms with van der Waals surface area (Å²) in [6, 6.07) is 1.75. The molecule has 0 saturated heterocycles. The molecule has 7 heteroatoms. The molecule has 1 aromatic carbocycles. The maximum absolute atomic E-state index is 13.6. The molecule has 1 amide bonds. The van der Waals surface area contributed by atoms with Crippen molar-refractivity contribution in [1.82, 2.24) is 0 Å². The number of hydrogen-bond acceptors (Lipinski definition) is 2. The highest BCUT2D eigenvalue weighted by Gasteiger charge is 2.26. The molecule has 0 aliphatic carbocycles. The van der Waals surface area contributed by atoms with E-state index >= 15 is 0 Å². The predicted octanol–water partition coefficient (Wildman–Crippen LogP) is 3.22. The Hall–Kier alpha value is -1.08. The van der Waals surface area contributed by atoms with E-state index in [1.165, 1.54) is 0 Å². The van der Waals surface area contributed by atoms with Gasteiger partial charge in [-0.2, -0.15) is 0 Å². The number of halogens is 3. The van der Waals surface area contributed by atoms with Gasteiger partial charge in [-0.25, -0.2) is 8.78 Å². The van der Waals surface area contributed by atoms with E-state index < -0.39 is 23.5 Å². The number of hydrogen-bond donors (Lipinski definition) is 2. The number of thiocarbonyl (C=S) groups is 1. The molecule has 0 heterocycles. The Morgan fingerprint density at radius 2 is 2.00 bits per heavy atom. The van der Waals surface area contributed by atoms with Crippen LogP contribution in [0.5, 0.6) is 0 Å². The van der Waals surface area contributed by atoms with Gasteiger partial charge < -0.3 is 11.1 Å². The third-order valence-corrected chi connectivity index (χ3v) is 3.39. The van der Waals surface area contributed by atoms with Gasteiger partial charge in [-0.1, -0.05) is 26.1 Å². The number of carbonyl (C=O) groups excluding carboxylic acids is 1. The minimum atomic E-state index is -0.870. The number of amides is 1. The largest absolute Gasteiger partial charge is 0.393 e. The minimum absolute atomic E-state index is 0.0335. The van der Waals surface area contributed by atoms with Crippen LogP contribution in [0.15, 0.2) is 16.6 Å². The SMILES string of the molecule is CC(C)C(C(=O)Nc1c(F)cc(F)cc1Br)C(N)=S. The van der Waals surface area contributed by atoms with E-state index in [1.807, 2.05) is 0 Å². The number of anilines is 1. The first-order chi connectivity index (χ1) is 8.73. The van der Waals surface area contributed by atoms with Crippen LogP contribution < -0.4 is 11.1 Å². The van der Waals surface area contributed by atoms with Crippen LogP contribution in [0.2, 0.25) is 0 Å². The molecule has 0 spiro atoms. The molecule has 0 aliphatic rings. The molecule has 0 bridgehead atoms. The summed E-state index contributed by atoms with van der Waals surface area (Å²) in [6.45, 7) is 3.55. The lowest BCUT2D eigenvalue weighted by molar-refractivity contribution is -0.118. The van der Waals surface area contributed by atoms with Gasteiger partial charge in [0.05, 0.1) is 16.6 Å². The fraction of sp³-hybridized carbons (Fsp3) is 0.333. The number of rotatable bonds is 4. The Labute approximate surface area is 123 Å². The third-order valence-electron chi connectivity index (χ3n) is 2.51. The van der Waals surface area contributed by atoms with Crippen molar-refractivity contribution in [3.8, 4) is 0 Å². The highest BCUT2D eigenvalue weighted by molar-refractivity contribution is 9.10. The van der Waals surface area contributed by atoms with E-state index in [4.69, 9.17) is 18.0 Å². The number of benzene rings is 1. The highest BCUT2D eigenvalue weighted by Crippen LogP contribution is 2.28. The number of carbonyl (C=O) groups is 1. The Bertz CT molecular complexity index is 499. The van der Waals surface area contributed by atoms with Crippen molar-refractivity contribution in [2.45, 2.75) is 13.8 Å². The summed E-state index contributed by atoms with van der Waals surface area (Å²) in [6.07, 6.45) is 0. The van der Waals surface area contributed by atoms with Gasteiger partial charge in [-0.15, -0.1) is 0 Å². The van der Waals surface area contributed by atoms with Gasteiger partial charge in [0, 0.05) is 10.5 Å². The van der Waals surface area contributed by atoms with Crippen LogP contribution in [-0.2, 0) is 4.79 Å². The fourth-order valence-electron chi connectivity index (χ4n) is 1.62. The molecule has 3 N–H and O–H groups in total. The van der Waals surface area contributed by atoms with Gasteiger partial charge in [0.25, 0.3) is 0 Å². The van der Waals surface area contributed by atoms with Crippen LogP contribution in [0, 0.1) is 23.5 Å². The van der Waals surface area contributed by atoms with E-state index in [0.29, 0.717) is 6.07 Å². The first-order valence-corrected chi connectivity index (χ1v) is 6.69. The van der Waals surface area contributed by atoms with Gasteiger partial charge in [-0.05, 0) is 27.9 Å². The van der Waals surface area contributed by atoms with Crippen LogP contribution >= 0.6 is 28.1 Å². The molecule has 1 unspecified atom stereocenters. The van der Waals surface area contributed by atoms with Crippen molar-refractivity contribution in [1.29, 1.82) is 0 Å². The Morgan fingerprint density at radius 3 is 2.42 bits per heavy atom. The maximum Gasteiger partial charge on any atom is 0.234 e. The molecule has 0 saturated carbocycles. The lowest BCUT2D eigenvalue weighted by Crippen LogP contribution is -2.37. The average molecular weight is 351 g/mol. The molecule has 104 valence electrons. The number of nitrogens with two attached hydrogens (primary N) is 1. The summed E-state index contributed by atoms with van der Waals surface area (Å²) in [5.41, 5.74) is 5.37. The predicted molar refractivity (Wildman–Crippen MR) is 77.8 cm³/mol. The topological polar surface area (TPSA) is 55.1 Å². The maximum atomic E-state index is 13.6. The average Bonchev–Trinajstić information content (AvgIpc) is 2.22. The van der Waals surface area contributed by atoms with Gasteiger partial charge >= 0.3 is 0 Å². The van der Waals surface area contributed by atoms with E-state index in [2.05, 4.69) is 21.2 Å². The molecule has 0 fully saturated rings. The first kappa shape index (κ1) is 16.0. The summed E-state index contributed by atoms with van der Waals surface area (Å²) in [4.78, 5) is 12.1. The molecular formula is C12H13BrF2N2OS. The quantitative estimate of drug-likeness (QED) is 0.819. The molecule has 1 atom stereocenters. The van der Waals surface area contributed by atoms with Crippen LogP contribution in [0.25, 0.3) is 0 Å². The molecule has 0 aromatic heterocycles. The van der Waals surface area contributed by atoms with Crippen LogP contribution in [0.1, 0.15) is 13.8 Å². The highest BCUT2D eigenvalue weighted by atomic mass is 79.9. The Morgan fingerprint density at radius 1 is 1.42 bits per heavy atom. The van der Waals surface area contributed by atoms with Crippen LogP contribution in [-0.4, -0.2) is 10.9 Å². The molecule has 19 heavy (non-hydrogen) atoms. The molecule has 0 aliphatic heterocycles.